The standard InChI is InChI=1S/C11H9F3N2OS/c1-7-6-15-10(18)16(7)8-2-4-9(5-3-8)17-11(12,13)14/h2-6H,1H3,(H,15,18). The van der Waals surface area contributed by atoms with Gasteiger partial charge in [-0.2, -0.15) is 0 Å². The van der Waals surface area contributed by atoms with Gasteiger partial charge < -0.3 is 9.72 Å². The van der Waals surface area contributed by atoms with E-state index in [1.54, 1.807) is 10.8 Å². The van der Waals surface area contributed by atoms with Gasteiger partial charge in [-0.15, -0.1) is 13.2 Å². The summed E-state index contributed by atoms with van der Waals surface area (Å²) in [5, 5.41) is 0. The van der Waals surface area contributed by atoms with E-state index in [9.17, 15) is 13.2 Å². The van der Waals surface area contributed by atoms with Gasteiger partial charge in [-0.1, -0.05) is 0 Å². The molecule has 0 amide bonds. The summed E-state index contributed by atoms with van der Waals surface area (Å²) in [6.45, 7) is 1.84. The van der Waals surface area contributed by atoms with Gasteiger partial charge in [0.05, 0.1) is 0 Å². The molecule has 1 heterocycles. The summed E-state index contributed by atoms with van der Waals surface area (Å²) in [5.74, 6) is -0.258. The number of ether oxygens (including phenoxy) is 1. The fourth-order valence-electron chi connectivity index (χ4n) is 1.57. The van der Waals surface area contributed by atoms with E-state index < -0.39 is 6.36 Å². The number of rotatable bonds is 2. The number of benzene rings is 1. The molecule has 2 aromatic rings. The number of imidazole rings is 1. The number of hydrogen-bond donors (Lipinski definition) is 1. The topological polar surface area (TPSA) is 29.9 Å². The average molecular weight is 274 g/mol. The van der Waals surface area contributed by atoms with Crippen molar-refractivity contribution in [3.05, 3.63) is 40.9 Å². The zero-order valence-corrected chi connectivity index (χ0v) is 10.1. The van der Waals surface area contributed by atoms with Crippen LogP contribution in [0.1, 0.15) is 5.69 Å². The first-order valence-electron chi connectivity index (χ1n) is 5.00. The minimum Gasteiger partial charge on any atom is -0.406 e. The molecule has 0 unspecified atom stereocenters. The molecule has 7 heteroatoms. The number of halogens is 3. The van der Waals surface area contributed by atoms with Crippen LogP contribution in [0, 0.1) is 11.7 Å². The van der Waals surface area contributed by atoms with Gasteiger partial charge in [-0.25, -0.2) is 0 Å². The molecule has 2 rings (SSSR count). The zero-order chi connectivity index (χ0) is 13.3. The van der Waals surface area contributed by atoms with Gasteiger partial charge in [0.2, 0.25) is 0 Å². The van der Waals surface area contributed by atoms with Crippen molar-refractivity contribution in [2.75, 3.05) is 0 Å². The van der Waals surface area contributed by atoms with Gasteiger partial charge in [0.25, 0.3) is 0 Å². The predicted octanol–water partition coefficient (Wildman–Crippen LogP) is 3.74. The molecule has 1 N–H and O–H groups in total. The Balaban J connectivity index is 2.31. The number of hydrogen-bond acceptors (Lipinski definition) is 2. The largest absolute Gasteiger partial charge is 0.573 e. The summed E-state index contributed by atoms with van der Waals surface area (Å²) in [6, 6.07) is 5.52. The summed E-state index contributed by atoms with van der Waals surface area (Å²) in [4.78, 5) is 2.85. The molecular weight excluding hydrogens is 265 g/mol. The van der Waals surface area contributed by atoms with Gasteiger partial charge in [0, 0.05) is 17.6 Å². The molecule has 0 bridgehead atoms. The van der Waals surface area contributed by atoms with Crippen molar-refractivity contribution in [3.8, 4) is 11.4 Å². The van der Waals surface area contributed by atoms with Crippen molar-refractivity contribution in [2.24, 2.45) is 0 Å². The second-order valence-electron chi connectivity index (χ2n) is 3.61. The highest BCUT2D eigenvalue weighted by atomic mass is 32.1. The highest BCUT2D eigenvalue weighted by Crippen LogP contribution is 2.24. The number of nitrogens with zero attached hydrogens (tertiary/aromatic N) is 1. The van der Waals surface area contributed by atoms with Crippen molar-refractivity contribution in [3.63, 3.8) is 0 Å². The number of H-pyrrole nitrogens is 1. The maximum absolute atomic E-state index is 12.0. The lowest BCUT2D eigenvalue weighted by Gasteiger charge is -2.10. The maximum atomic E-state index is 12.0. The third-order valence-corrected chi connectivity index (χ3v) is 2.59. The Morgan fingerprint density at radius 3 is 2.28 bits per heavy atom. The van der Waals surface area contributed by atoms with E-state index in [2.05, 4.69) is 9.72 Å². The Morgan fingerprint density at radius 2 is 1.83 bits per heavy atom. The molecule has 96 valence electrons. The van der Waals surface area contributed by atoms with Crippen LogP contribution in [0.25, 0.3) is 5.69 Å². The number of nitrogens with one attached hydrogen (secondary N) is 1. The monoisotopic (exact) mass is 274 g/mol. The van der Waals surface area contributed by atoms with Crippen molar-refractivity contribution in [1.29, 1.82) is 0 Å². The average Bonchev–Trinajstić information content (AvgIpc) is 2.58. The van der Waals surface area contributed by atoms with Crippen LogP contribution in [-0.4, -0.2) is 15.9 Å². The highest BCUT2D eigenvalue weighted by molar-refractivity contribution is 7.71. The molecule has 0 atom stereocenters. The van der Waals surface area contributed by atoms with Crippen LogP contribution in [0.4, 0.5) is 13.2 Å². The summed E-state index contributed by atoms with van der Waals surface area (Å²) < 4.78 is 42.0. The van der Waals surface area contributed by atoms with Crippen LogP contribution in [0.2, 0.25) is 0 Å². The van der Waals surface area contributed by atoms with Crippen molar-refractivity contribution in [2.45, 2.75) is 13.3 Å². The highest BCUT2D eigenvalue weighted by Gasteiger charge is 2.30. The molecular formula is C11H9F3N2OS. The molecule has 0 saturated heterocycles. The van der Waals surface area contributed by atoms with Crippen molar-refractivity contribution < 1.29 is 17.9 Å². The third-order valence-electron chi connectivity index (χ3n) is 2.29. The Hall–Kier alpha value is -1.76. The van der Waals surface area contributed by atoms with E-state index in [0.717, 1.165) is 5.69 Å². The van der Waals surface area contributed by atoms with E-state index in [1.165, 1.54) is 24.3 Å². The Kier molecular flexibility index (Phi) is 3.16. The lowest BCUT2D eigenvalue weighted by Crippen LogP contribution is -2.17. The molecule has 1 aromatic carbocycles. The summed E-state index contributed by atoms with van der Waals surface area (Å²) in [6.07, 6.45) is -2.95. The Bertz CT molecular complexity index is 598. The fourth-order valence-corrected chi connectivity index (χ4v) is 1.88. The lowest BCUT2D eigenvalue weighted by atomic mass is 10.3. The number of aryl methyl sites for hydroxylation is 1. The first-order chi connectivity index (χ1) is 8.37. The van der Waals surface area contributed by atoms with Crippen LogP contribution >= 0.6 is 12.2 Å². The quantitative estimate of drug-likeness (QED) is 0.845. The van der Waals surface area contributed by atoms with Crippen molar-refractivity contribution in [1.82, 2.24) is 9.55 Å². The fraction of sp³-hybridized carbons (Fsp3) is 0.182. The molecule has 0 radical (unpaired) electrons. The minimum atomic E-state index is -4.68. The molecule has 0 aliphatic heterocycles. The van der Waals surface area contributed by atoms with Gasteiger partial charge in [-0.3, -0.25) is 4.57 Å². The smallest absolute Gasteiger partial charge is 0.406 e. The minimum absolute atomic E-state index is 0.258. The van der Waals surface area contributed by atoms with E-state index in [0.29, 0.717) is 10.5 Å². The molecule has 18 heavy (non-hydrogen) atoms. The normalized spacial score (nSPS) is 11.6. The van der Waals surface area contributed by atoms with Crippen LogP contribution in [0.3, 0.4) is 0 Å². The van der Waals surface area contributed by atoms with E-state index in [-0.39, 0.29) is 5.75 Å². The second-order valence-corrected chi connectivity index (χ2v) is 4.00. The van der Waals surface area contributed by atoms with Crippen LogP contribution in [0.15, 0.2) is 30.5 Å². The van der Waals surface area contributed by atoms with Crippen LogP contribution in [0.5, 0.6) is 5.75 Å². The number of alkyl halides is 3. The first-order valence-corrected chi connectivity index (χ1v) is 5.41. The molecule has 1 aromatic heterocycles. The van der Waals surface area contributed by atoms with Gasteiger partial charge in [-0.05, 0) is 43.4 Å². The van der Waals surface area contributed by atoms with Gasteiger partial charge >= 0.3 is 6.36 Å². The van der Waals surface area contributed by atoms with E-state index >= 15 is 0 Å². The van der Waals surface area contributed by atoms with Crippen LogP contribution < -0.4 is 4.74 Å². The van der Waals surface area contributed by atoms with Gasteiger partial charge in [0.15, 0.2) is 4.77 Å². The number of aromatic amines is 1. The Morgan fingerprint density at radius 1 is 1.22 bits per heavy atom. The summed E-state index contributed by atoms with van der Waals surface area (Å²) in [7, 11) is 0. The predicted molar refractivity (Wildman–Crippen MR) is 62.4 cm³/mol. The molecule has 3 nitrogen and oxygen atoms in total. The summed E-state index contributed by atoms with van der Waals surface area (Å²) in [5.41, 5.74) is 1.54. The summed E-state index contributed by atoms with van der Waals surface area (Å²) >= 11 is 5.07. The van der Waals surface area contributed by atoms with E-state index in [4.69, 9.17) is 12.2 Å². The third kappa shape index (κ3) is 2.73. The second kappa shape index (κ2) is 4.49. The molecule has 0 spiro atoms. The van der Waals surface area contributed by atoms with Crippen LogP contribution in [-0.2, 0) is 0 Å². The zero-order valence-electron chi connectivity index (χ0n) is 9.28. The molecule has 0 saturated carbocycles. The Labute approximate surface area is 106 Å². The molecule has 0 aliphatic rings. The van der Waals surface area contributed by atoms with Gasteiger partial charge in [0.1, 0.15) is 5.75 Å². The van der Waals surface area contributed by atoms with E-state index in [1.807, 2.05) is 6.92 Å². The molecule has 0 aliphatic carbocycles. The lowest BCUT2D eigenvalue weighted by molar-refractivity contribution is -0.274. The first kappa shape index (κ1) is 12.7. The number of aromatic nitrogens is 2. The SMILES string of the molecule is Cc1c[nH]c(=S)n1-c1ccc(OC(F)(F)F)cc1. The van der Waals surface area contributed by atoms with Crippen molar-refractivity contribution >= 4 is 12.2 Å². The molecule has 0 fully saturated rings. The maximum Gasteiger partial charge on any atom is 0.573 e.